The maximum atomic E-state index is 12.3. The molecular formula is C9H15F3O2S. The Kier molecular flexibility index (Phi) is 6.63. The molecule has 0 spiro atoms. The van der Waals surface area contributed by atoms with Crippen molar-refractivity contribution < 1.29 is 21.1 Å². The van der Waals surface area contributed by atoms with Gasteiger partial charge in [-0.2, -0.15) is 8.42 Å². The van der Waals surface area contributed by atoms with Crippen molar-refractivity contribution in [3.8, 4) is 0 Å². The number of unbranched alkanes of at least 4 members (excludes halogenated alkanes) is 2. The quantitative estimate of drug-likeness (QED) is 0.392. The fourth-order valence-corrected chi connectivity index (χ4v) is 1.50. The van der Waals surface area contributed by atoms with Crippen molar-refractivity contribution in [3.63, 3.8) is 0 Å². The topological polar surface area (TPSA) is 34.1 Å². The predicted octanol–water partition coefficient (Wildman–Crippen LogP) is 3.06. The summed E-state index contributed by atoms with van der Waals surface area (Å²) in [6, 6.07) is 0. The van der Waals surface area contributed by atoms with Crippen LogP contribution >= 0.6 is 0 Å². The van der Waals surface area contributed by atoms with E-state index in [2.05, 4.69) is 0 Å². The molecule has 0 radical (unpaired) electrons. The summed E-state index contributed by atoms with van der Waals surface area (Å²) in [5.41, 5.74) is -0.287. The molecule has 0 saturated heterocycles. The summed E-state index contributed by atoms with van der Waals surface area (Å²) < 4.78 is 57.0. The Morgan fingerprint density at radius 1 is 1.33 bits per heavy atom. The third-order valence-corrected chi connectivity index (χ3v) is 2.46. The van der Waals surface area contributed by atoms with Crippen LogP contribution in [0.3, 0.4) is 0 Å². The number of halogens is 3. The van der Waals surface area contributed by atoms with Crippen molar-refractivity contribution >= 4 is 10.2 Å². The number of rotatable bonds is 7. The lowest BCUT2D eigenvalue weighted by Crippen LogP contribution is -2.02. The van der Waals surface area contributed by atoms with Gasteiger partial charge in [0.25, 0.3) is 6.43 Å². The molecule has 0 heterocycles. The molecule has 0 aliphatic carbocycles. The number of hydrogen-bond acceptors (Lipinski definition) is 2. The van der Waals surface area contributed by atoms with Gasteiger partial charge < -0.3 is 0 Å². The maximum Gasteiger partial charge on any atom is 0.305 e. The van der Waals surface area contributed by atoms with Crippen molar-refractivity contribution in [1.29, 1.82) is 0 Å². The van der Waals surface area contributed by atoms with Crippen LogP contribution < -0.4 is 0 Å². The largest absolute Gasteiger partial charge is 0.305 e. The van der Waals surface area contributed by atoms with Gasteiger partial charge in [-0.1, -0.05) is 25.8 Å². The maximum absolute atomic E-state index is 12.3. The second-order valence-corrected chi connectivity index (χ2v) is 4.65. The highest BCUT2D eigenvalue weighted by Crippen LogP contribution is 2.17. The van der Waals surface area contributed by atoms with Gasteiger partial charge >= 0.3 is 10.2 Å². The smallest absolute Gasteiger partial charge is 0.205 e. The van der Waals surface area contributed by atoms with Crippen LogP contribution in [0.25, 0.3) is 0 Å². The van der Waals surface area contributed by atoms with Crippen LogP contribution in [-0.4, -0.2) is 20.6 Å². The molecule has 0 aliphatic rings. The van der Waals surface area contributed by atoms with Crippen molar-refractivity contribution in [1.82, 2.24) is 0 Å². The summed E-state index contributed by atoms with van der Waals surface area (Å²) in [5.74, 6) is -0.960. The Balaban J connectivity index is 4.26. The summed E-state index contributed by atoms with van der Waals surface area (Å²) in [4.78, 5) is 0. The minimum absolute atomic E-state index is 0.126. The third-order valence-electron chi connectivity index (χ3n) is 1.89. The lowest BCUT2D eigenvalue weighted by Gasteiger charge is -2.05. The van der Waals surface area contributed by atoms with Gasteiger partial charge in [-0.25, -0.2) is 8.78 Å². The van der Waals surface area contributed by atoms with Crippen LogP contribution in [0, 0.1) is 0 Å². The summed E-state index contributed by atoms with van der Waals surface area (Å²) in [5, 5.41) is 0. The number of hydrogen-bond donors (Lipinski definition) is 0. The van der Waals surface area contributed by atoms with Gasteiger partial charge in [-0.3, -0.25) is 0 Å². The van der Waals surface area contributed by atoms with E-state index in [0.717, 1.165) is 18.9 Å². The number of alkyl halides is 2. The van der Waals surface area contributed by atoms with Gasteiger partial charge in [-0.15, -0.1) is 3.89 Å². The van der Waals surface area contributed by atoms with E-state index >= 15 is 0 Å². The van der Waals surface area contributed by atoms with E-state index in [-0.39, 0.29) is 12.0 Å². The molecule has 6 heteroatoms. The van der Waals surface area contributed by atoms with E-state index in [4.69, 9.17) is 0 Å². The van der Waals surface area contributed by atoms with E-state index in [1.54, 1.807) is 0 Å². The zero-order valence-corrected chi connectivity index (χ0v) is 9.37. The van der Waals surface area contributed by atoms with Crippen molar-refractivity contribution in [2.45, 2.75) is 39.0 Å². The van der Waals surface area contributed by atoms with Gasteiger partial charge in [0.15, 0.2) is 0 Å². The molecule has 2 nitrogen and oxygen atoms in total. The van der Waals surface area contributed by atoms with E-state index in [9.17, 15) is 21.1 Å². The molecule has 0 bridgehead atoms. The van der Waals surface area contributed by atoms with Gasteiger partial charge in [-0.05, 0) is 18.4 Å². The minimum Gasteiger partial charge on any atom is -0.205 e. The van der Waals surface area contributed by atoms with Gasteiger partial charge in [0.1, 0.15) is 0 Å². The first-order chi connectivity index (χ1) is 6.87. The molecule has 0 aromatic rings. The summed E-state index contributed by atoms with van der Waals surface area (Å²) in [6.07, 6.45) is 0.448. The molecule has 0 amide bonds. The summed E-state index contributed by atoms with van der Waals surface area (Å²) >= 11 is 0. The van der Waals surface area contributed by atoms with Crippen LogP contribution in [0.2, 0.25) is 0 Å². The molecule has 0 rings (SSSR count). The van der Waals surface area contributed by atoms with Crippen molar-refractivity contribution in [2.24, 2.45) is 0 Å². The second kappa shape index (κ2) is 6.87. The predicted molar refractivity (Wildman–Crippen MR) is 53.1 cm³/mol. The average Bonchev–Trinajstić information content (AvgIpc) is 2.08. The minimum atomic E-state index is -4.69. The monoisotopic (exact) mass is 244 g/mol. The average molecular weight is 244 g/mol. The first-order valence-electron chi connectivity index (χ1n) is 4.76. The van der Waals surface area contributed by atoms with Crippen LogP contribution in [0.5, 0.6) is 0 Å². The summed E-state index contributed by atoms with van der Waals surface area (Å²) in [6.45, 7) is 1.93. The SMILES string of the molecule is CCCCCC(=CCS(=O)(=O)F)C(F)F. The Labute approximate surface area is 88.4 Å². The first kappa shape index (κ1) is 14.5. The molecule has 0 atom stereocenters. The molecule has 15 heavy (non-hydrogen) atoms. The zero-order valence-electron chi connectivity index (χ0n) is 8.55. The highest BCUT2D eigenvalue weighted by atomic mass is 32.3. The molecule has 0 aliphatic heterocycles. The fraction of sp³-hybridized carbons (Fsp3) is 0.778. The molecule has 0 N–H and O–H groups in total. The lowest BCUT2D eigenvalue weighted by molar-refractivity contribution is 0.184. The van der Waals surface area contributed by atoms with Crippen molar-refractivity contribution in [3.05, 3.63) is 11.6 Å². The Morgan fingerprint density at radius 3 is 2.33 bits per heavy atom. The normalized spacial score (nSPS) is 13.5. The Hall–Kier alpha value is -0.520. The Morgan fingerprint density at radius 2 is 1.93 bits per heavy atom. The standard InChI is InChI=1S/C9H15F3O2S/c1-2-3-4-5-8(9(10)11)6-7-15(12,13)14/h6,9H,2-5,7H2,1H3. The highest BCUT2D eigenvalue weighted by molar-refractivity contribution is 7.86. The lowest BCUT2D eigenvalue weighted by atomic mass is 10.1. The van der Waals surface area contributed by atoms with E-state index in [0.29, 0.717) is 6.42 Å². The third kappa shape index (κ3) is 8.47. The van der Waals surface area contributed by atoms with E-state index in [1.165, 1.54) is 0 Å². The first-order valence-corrected chi connectivity index (χ1v) is 6.31. The fourth-order valence-electron chi connectivity index (χ4n) is 1.09. The molecular weight excluding hydrogens is 229 g/mol. The molecule has 0 unspecified atom stereocenters. The van der Waals surface area contributed by atoms with Gasteiger partial charge in [0.05, 0.1) is 5.75 Å². The second-order valence-electron chi connectivity index (χ2n) is 3.24. The van der Waals surface area contributed by atoms with E-state index < -0.39 is 22.4 Å². The summed E-state index contributed by atoms with van der Waals surface area (Å²) in [7, 11) is -4.69. The molecule has 0 saturated carbocycles. The Bertz CT molecular complexity index is 296. The number of allylic oxidation sites excluding steroid dienone is 1. The molecule has 90 valence electrons. The van der Waals surface area contributed by atoms with E-state index in [1.807, 2.05) is 6.92 Å². The van der Waals surface area contributed by atoms with Crippen LogP contribution in [0.1, 0.15) is 32.6 Å². The van der Waals surface area contributed by atoms with Crippen molar-refractivity contribution in [2.75, 3.05) is 5.75 Å². The van der Waals surface area contributed by atoms with Gasteiger partial charge in [0.2, 0.25) is 0 Å². The molecule has 0 aromatic heterocycles. The molecule has 0 fully saturated rings. The van der Waals surface area contributed by atoms with Crippen LogP contribution in [0.15, 0.2) is 11.6 Å². The highest BCUT2D eigenvalue weighted by Gasteiger charge is 2.12. The molecule has 0 aromatic carbocycles. The van der Waals surface area contributed by atoms with Crippen LogP contribution in [-0.2, 0) is 10.2 Å². The van der Waals surface area contributed by atoms with Crippen LogP contribution in [0.4, 0.5) is 12.7 Å². The zero-order chi connectivity index (χ0) is 11.9. The van der Waals surface area contributed by atoms with Gasteiger partial charge in [0, 0.05) is 0 Å².